The summed E-state index contributed by atoms with van der Waals surface area (Å²) >= 11 is 1.51. The van der Waals surface area contributed by atoms with Crippen LogP contribution in [-0.4, -0.2) is 62.4 Å². The molecule has 2 amide bonds. The van der Waals surface area contributed by atoms with Crippen molar-refractivity contribution in [2.45, 2.75) is 68.3 Å². The van der Waals surface area contributed by atoms with E-state index in [4.69, 9.17) is 9.47 Å². The van der Waals surface area contributed by atoms with Crippen molar-refractivity contribution in [2.24, 2.45) is 0 Å². The Morgan fingerprint density at radius 1 is 0.939 bits per heavy atom. The lowest BCUT2D eigenvalue weighted by molar-refractivity contribution is -0.245. The molecule has 0 radical (unpaired) electrons. The van der Waals surface area contributed by atoms with E-state index in [1.54, 1.807) is 18.5 Å². The fourth-order valence-corrected chi connectivity index (χ4v) is 6.89. The Morgan fingerprint density at radius 3 is 2.37 bits per heavy atom. The molecular weight excluding hydrogens is 657 g/mol. The van der Waals surface area contributed by atoms with Gasteiger partial charge in [-0.15, -0.1) is 0 Å². The van der Waals surface area contributed by atoms with Gasteiger partial charge in [0.1, 0.15) is 6.04 Å². The third-order valence-corrected chi connectivity index (χ3v) is 9.59. The minimum atomic E-state index is -5.03. The molecule has 0 saturated carbocycles. The highest BCUT2D eigenvalue weighted by molar-refractivity contribution is 7.99. The first kappa shape index (κ1) is 34.6. The Hall–Kier alpha value is -4.30. The monoisotopic (exact) mass is 692 g/mol. The lowest BCUT2D eigenvalue weighted by atomic mass is 9.97. The van der Waals surface area contributed by atoms with Crippen molar-refractivity contribution in [1.29, 1.82) is 0 Å². The van der Waals surface area contributed by atoms with Crippen LogP contribution >= 0.6 is 11.8 Å². The molecule has 4 aromatic rings. The largest absolute Gasteiger partial charge is 0.471 e. The van der Waals surface area contributed by atoms with Gasteiger partial charge in [0, 0.05) is 43.2 Å². The van der Waals surface area contributed by atoms with Crippen molar-refractivity contribution >= 4 is 23.6 Å². The number of aliphatic hydroxyl groups is 1. The van der Waals surface area contributed by atoms with Crippen LogP contribution in [0.5, 0.6) is 0 Å². The van der Waals surface area contributed by atoms with E-state index in [-0.39, 0.29) is 38.3 Å². The minimum absolute atomic E-state index is 0.0438. The van der Waals surface area contributed by atoms with Gasteiger partial charge in [0.15, 0.2) is 11.4 Å². The van der Waals surface area contributed by atoms with Crippen molar-refractivity contribution in [1.82, 2.24) is 20.2 Å². The predicted molar refractivity (Wildman–Crippen MR) is 176 cm³/mol. The molecule has 13 heteroatoms. The van der Waals surface area contributed by atoms with Crippen LogP contribution in [0.15, 0.2) is 96.4 Å². The first-order chi connectivity index (χ1) is 23.7. The molecule has 2 aliphatic heterocycles. The zero-order chi connectivity index (χ0) is 34.4. The Labute approximate surface area is 285 Å². The van der Waals surface area contributed by atoms with Gasteiger partial charge in [-0.2, -0.15) is 13.2 Å². The van der Waals surface area contributed by atoms with Gasteiger partial charge in [0.25, 0.3) is 0 Å². The van der Waals surface area contributed by atoms with E-state index in [2.05, 4.69) is 15.3 Å². The van der Waals surface area contributed by atoms with Crippen LogP contribution in [-0.2, 0) is 32.2 Å². The summed E-state index contributed by atoms with van der Waals surface area (Å²) in [6.07, 6.45) is -1.57. The number of carbonyl (C=O) groups is 2. The number of nitrogens with one attached hydrogen (secondary N) is 1. The first-order valence-corrected chi connectivity index (χ1v) is 16.9. The number of hydrogen-bond acceptors (Lipinski definition) is 8. The van der Waals surface area contributed by atoms with E-state index in [1.165, 1.54) is 11.8 Å². The molecule has 1 aromatic heterocycles. The fourth-order valence-electron chi connectivity index (χ4n) is 6.07. The molecule has 0 bridgehead atoms. The number of amides is 2. The summed E-state index contributed by atoms with van der Waals surface area (Å²) in [6, 6.07) is 23.5. The predicted octanol–water partition coefficient (Wildman–Crippen LogP) is 6.14. The van der Waals surface area contributed by atoms with Crippen LogP contribution in [0, 0.1) is 0 Å². The molecule has 9 nitrogen and oxygen atoms in total. The number of ether oxygens (including phenoxy) is 2. The van der Waals surface area contributed by atoms with Gasteiger partial charge < -0.3 is 24.8 Å². The maximum atomic E-state index is 13.1. The van der Waals surface area contributed by atoms with E-state index < -0.39 is 30.3 Å². The molecule has 49 heavy (non-hydrogen) atoms. The van der Waals surface area contributed by atoms with Crippen LogP contribution in [0.4, 0.5) is 13.2 Å². The highest BCUT2D eigenvalue weighted by Gasteiger charge is 2.47. The maximum Gasteiger partial charge on any atom is 0.471 e. The molecule has 0 spiro atoms. The van der Waals surface area contributed by atoms with Crippen molar-refractivity contribution in [3.63, 3.8) is 0 Å². The molecule has 3 heterocycles. The van der Waals surface area contributed by atoms with Gasteiger partial charge in [-0.1, -0.05) is 84.6 Å². The SMILES string of the molecule is O=C(NCc1ccccc1-c1ccc([C@H]2O[C@@H](CSc3ncccn3)C[C@@H](c3ccc(CO)cc3)O2)cc1)[C@@H]1CCCN1C(=O)C(F)(F)F. The van der Waals surface area contributed by atoms with Crippen molar-refractivity contribution in [2.75, 3.05) is 12.3 Å². The molecule has 4 atom stereocenters. The first-order valence-electron chi connectivity index (χ1n) is 15.9. The second-order valence-corrected chi connectivity index (χ2v) is 12.8. The fraction of sp³-hybridized carbons (Fsp3) is 0.333. The number of aromatic nitrogens is 2. The highest BCUT2D eigenvalue weighted by Crippen LogP contribution is 2.40. The van der Waals surface area contributed by atoms with Gasteiger partial charge >= 0.3 is 12.1 Å². The Balaban J connectivity index is 1.16. The van der Waals surface area contributed by atoms with E-state index in [0.717, 1.165) is 33.4 Å². The topological polar surface area (TPSA) is 114 Å². The normalized spacial score (nSPS) is 21.0. The van der Waals surface area contributed by atoms with Crippen molar-refractivity contribution in [3.05, 3.63) is 114 Å². The molecule has 3 aromatic carbocycles. The number of thioether (sulfide) groups is 1. The average molecular weight is 693 g/mol. The summed E-state index contributed by atoms with van der Waals surface area (Å²) in [5, 5.41) is 12.9. The molecular formula is C36H35F3N4O5S. The van der Waals surface area contributed by atoms with Crippen molar-refractivity contribution in [3.8, 4) is 11.1 Å². The molecule has 0 aliphatic carbocycles. The quantitative estimate of drug-likeness (QED) is 0.151. The molecule has 2 fully saturated rings. The minimum Gasteiger partial charge on any atom is -0.392 e. The van der Waals surface area contributed by atoms with E-state index in [9.17, 15) is 27.9 Å². The molecule has 6 rings (SSSR count). The van der Waals surface area contributed by atoms with Crippen LogP contribution in [0.25, 0.3) is 11.1 Å². The number of nitrogens with zero attached hydrogens (tertiary/aromatic N) is 3. The van der Waals surface area contributed by atoms with Gasteiger partial charge in [-0.3, -0.25) is 9.59 Å². The third kappa shape index (κ3) is 8.47. The van der Waals surface area contributed by atoms with Crippen LogP contribution in [0.2, 0.25) is 0 Å². The number of halogens is 3. The summed E-state index contributed by atoms with van der Waals surface area (Å²) in [7, 11) is 0. The lowest BCUT2D eigenvalue weighted by Crippen LogP contribution is -2.50. The Bertz CT molecular complexity index is 1730. The standard InChI is InChI=1S/C36H35F3N4O5S/c37-36(38,39)34(46)43-18-3-7-30(43)32(45)42-20-27-5-1-2-6-29(27)24-12-14-26(15-13-24)33-47-28(22-49-35-40-16-4-17-41-35)19-31(48-33)25-10-8-23(21-44)9-11-25/h1-2,4-6,8-17,28,30-31,33,44H,3,7,18-22H2,(H,42,45)/t28-,30+,31+,33+/m1/s1. The van der Waals surface area contributed by atoms with Gasteiger partial charge in [-0.25, -0.2) is 9.97 Å². The summed E-state index contributed by atoms with van der Waals surface area (Å²) < 4.78 is 52.1. The summed E-state index contributed by atoms with van der Waals surface area (Å²) in [4.78, 5) is 34.0. The second-order valence-electron chi connectivity index (χ2n) is 11.8. The summed E-state index contributed by atoms with van der Waals surface area (Å²) in [5.41, 5.74) is 5.08. The van der Waals surface area contributed by atoms with Crippen LogP contribution in [0.1, 0.15) is 53.9 Å². The molecule has 2 N–H and O–H groups in total. The number of rotatable bonds is 10. The van der Waals surface area contributed by atoms with E-state index in [0.29, 0.717) is 28.7 Å². The van der Waals surface area contributed by atoms with Gasteiger partial charge in [0.2, 0.25) is 5.91 Å². The number of carbonyl (C=O) groups excluding carboxylic acids is 2. The maximum absolute atomic E-state index is 13.1. The summed E-state index contributed by atoms with van der Waals surface area (Å²) in [5.74, 6) is -1.98. The molecule has 2 aliphatic rings. The summed E-state index contributed by atoms with van der Waals surface area (Å²) in [6.45, 7) is -0.0687. The smallest absolute Gasteiger partial charge is 0.392 e. The third-order valence-electron chi connectivity index (χ3n) is 8.58. The highest BCUT2D eigenvalue weighted by atomic mass is 32.2. The number of benzene rings is 3. The second kappa shape index (κ2) is 15.5. The van der Waals surface area contributed by atoms with E-state index >= 15 is 0 Å². The van der Waals surface area contributed by atoms with E-state index in [1.807, 2.05) is 72.8 Å². The zero-order valence-electron chi connectivity index (χ0n) is 26.4. The molecule has 2 saturated heterocycles. The number of alkyl halides is 3. The van der Waals surface area contributed by atoms with Gasteiger partial charge in [0.05, 0.1) is 18.8 Å². The van der Waals surface area contributed by atoms with Crippen LogP contribution in [0.3, 0.4) is 0 Å². The van der Waals surface area contributed by atoms with Crippen molar-refractivity contribution < 1.29 is 37.3 Å². The van der Waals surface area contributed by atoms with Gasteiger partial charge in [-0.05, 0) is 46.7 Å². The lowest BCUT2D eigenvalue weighted by Gasteiger charge is -2.36. The molecule has 0 unspecified atom stereocenters. The Kier molecular flexibility index (Phi) is 10.9. The number of aliphatic hydroxyl groups excluding tert-OH is 1. The Morgan fingerprint density at radius 2 is 1.65 bits per heavy atom. The number of hydrogen-bond donors (Lipinski definition) is 2. The average Bonchev–Trinajstić information content (AvgIpc) is 3.63. The number of likely N-dealkylation sites (tertiary alicyclic amines) is 1. The van der Waals surface area contributed by atoms with Crippen LogP contribution < -0.4 is 5.32 Å². The zero-order valence-corrected chi connectivity index (χ0v) is 27.2. The molecule has 256 valence electrons.